The Morgan fingerprint density at radius 3 is 2.43 bits per heavy atom. The highest BCUT2D eigenvalue weighted by atomic mass is 32.2. The summed E-state index contributed by atoms with van der Waals surface area (Å²) in [5.74, 6) is -0.689. The first kappa shape index (κ1) is 16.0. The molecular formula is C14H22N2O4S. The number of carboxylic acid groups (broad SMARTS) is 1. The van der Waals surface area contributed by atoms with Gasteiger partial charge in [0.1, 0.15) is 10.6 Å². The third-order valence-corrected chi connectivity index (χ3v) is 5.95. The van der Waals surface area contributed by atoms with Crippen molar-refractivity contribution in [1.29, 1.82) is 0 Å². The first-order valence-electron chi connectivity index (χ1n) is 7.21. The predicted octanol–water partition coefficient (Wildman–Crippen LogP) is 2.14. The number of aryl methyl sites for hydroxylation is 1. The molecule has 0 unspecified atom stereocenters. The van der Waals surface area contributed by atoms with Crippen LogP contribution in [0.3, 0.4) is 0 Å². The minimum absolute atomic E-state index is 0.0473. The number of nitrogens with one attached hydrogen (secondary N) is 1. The van der Waals surface area contributed by atoms with E-state index in [0.29, 0.717) is 24.7 Å². The van der Waals surface area contributed by atoms with E-state index in [9.17, 15) is 13.2 Å². The minimum Gasteiger partial charge on any atom is -0.477 e. The summed E-state index contributed by atoms with van der Waals surface area (Å²) < 4.78 is 27.3. The van der Waals surface area contributed by atoms with Crippen LogP contribution in [0.15, 0.2) is 4.90 Å². The third-order valence-electron chi connectivity index (χ3n) is 3.81. The van der Waals surface area contributed by atoms with Gasteiger partial charge in [-0.25, -0.2) is 13.2 Å². The molecule has 1 aliphatic carbocycles. The second kappa shape index (κ2) is 5.81. The fraction of sp³-hybridized carbons (Fsp3) is 0.643. The molecule has 0 bridgehead atoms. The van der Waals surface area contributed by atoms with Crippen LogP contribution >= 0.6 is 0 Å². The molecule has 0 radical (unpaired) electrons. The van der Waals surface area contributed by atoms with Crippen molar-refractivity contribution in [2.24, 2.45) is 5.92 Å². The minimum atomic E-state index is -3.65. The smallest absolute Gasteiger partial charge is 0.352 e. The number of rotatable bonds is 7. The van der Waals surface area contributed by atoms with Crippen molar-refractivity contribution in [3.8, 4) is 0 Å². The molecule has 0 amide bonds. The van der Waals surface area contributed by atoms with Gasteiger partial charge in [0.15, 0.2) is 0 Å². The second-order valence-corrected chi connectivity index (χ2v) is 7.57. The van der Waals surface area contributed by atoms with E-state index in [1.54, 1.807) is 13.8 Å². The molecule has 0 spiro atoms. The maximum Gasteiger partial charge on any atom is 0.352 e. The van der Waals surface area contributed by atoms with Crippen LogP contribution in [0.25, 0.3) is 0 Å². The Labute approximate surface area is 125 Å². The highest BCUT2D eigenvalue weighted by Crippen LogP contribution is 2.33. The molecule has 0 aliphatic heterocycles. The largest absolute Gasteiger partial charge is 0.477 e. The summed E-state index contributed by atoms with van der Waals surface area (Å²) in [6.07, 6.45) is 2.88. The van der Waals surface area contributed by atoms with Crippen molar-refractivity contribution in [1.82, 2.24) is 9.29 Å². The molecule has 1 aromatic rings. The van der Waals surface area contributed by atoms with Crippen LogP contribution in [-0.4, -0.2) is 41.9 Å². The van der Waals surface area contributed by atoms with E-state index in [4.69, 9.17) is 5.11 Å². The number of aromatic nitrogens is 1. The van der Waals surface area contributed by atoms with Crippen LogP contribution in [0.1, 0.15) is 47.9 Å². The number of hydrogen-bond donors (Lipinski definition) is 2. The fourth-order valence-electron chi connectivity index (χ4n) is 2.61. The van der Waals surface area contributed by atoms with Gasteiger partial charge in [-0.1, -0.05) is 6.92 Å². The maximum absolute atomic E-state index is 12.9. The Kier molecular flexibility index (Phi) is 4.43. The molecule has 0 atom stereocenters. The highest BCUT2D eigenvalue weighted by molar-refractivity contribution is 7.89. The zero-order valence-corrected chi connectivity index (χ0v) is 13.5. The fourth-order valence-corrected chi connectivity index (χ4v) is 4.63. The third kappa shape index (κ3) is 3.13. The molecule has 2 rings (SSSR count). The van der Waals surface area contributed by atoms with Crippen molar-refractivity contribution >= 4 is 16.0 Å². The van der Waals surface area contributed by atoms with Gasteiger partial charge in [0.2, 0.25) is 10.0 Å². The van der Waals surface area contributed by atoms with E-state index in [0.717, 1.165) is 19.3 Å². The Morgan fingerprint density at radius 2 is 2.00 bits per heavy atom. The van der Waals surface area contributed by atoms with E-state index in [-0.39, 0.29) is 16.2 Å². The van der Waals surface area contributed by atoms with Gasteiger partial charge in [-0.05, 0) is 39.0 Å². The summed E-state index contributed by atoms with van der Waals surface area (Å²) in [4.78, 5) is 14.0. The summed E-state index contributed by atoms with van der Waals surface area (Å²) in [6.45, 7) is 6.08. The average molecular weight is 314 g/mol. The summed E-state index contributed by atoms with van der Waals surface area (Å²) >= 11 is 0. The van der Waals surface area contributed by atoms with Crippen LogP contribution in [0.4, 0.5) is 0 Å². The van der Waals surface area contributed by atoms with Crippen LogP contribution in [0.2, 0.25) is 0 Å². The normalized spacial score (nSPS) is 15.6. The lowest BCUT2D eigenvalue weighted by Gasteiger charge is -2.22. The SMILES string of the molecule is CCCN(CC1CC1)S(=O)(=O)c1c(C)[nH]c(C(=O)O)c1C. The summed E-state index contributed by atoms with van der Waals surface area (Å²) in [6, 6.07) is 0. The molecule has 1 fully saturated rings. The number of carbonyl (C=O) groups is 1. The standard InChI is InChI=1S/C14H22N2O4S/c1-4-7-16(8-11-5-6-11)21(19,20)13-9(2)12(14(17)18)15-10(13)3/h11,15H,4-8H2,1-3H3,(H,17,18). The molecule has 1 aliphatic rings. The summed E-state index contributed by atoms with van der Waals surface area (Å²) in [5.41, 5.74) is 0.632. The second-order valence-electron chi connectivity index (χ2n) is 5.69. The van der Waals surface area contributed by atoms with E-state index in [1.165, 1.54) is 4.31 Å². The van der Waals surface area contributed by atoms with Gasteiger partial charge in [0.25, 0.3) is 0 Å². The van der Waals surface area contributed by atoms with Gasteiger partial charge >= 0.3 is 5.97 Å². The first-order valence-corrected chi connectivity index (χ1v) is 8.65. The molecule has 118 valence electrons. The van der Waals surface area contributed by atoms with Crippen LogP contribution in [-0.2, 0) is 10.0 Å². The number of aromatic amines is 1. The average Bonchev–Trinajstić information content (AvgIpc) is 3.13. The lowest BCUT2D eigenvalue weighted by atomic mass is 10.2. The Morgan fingerprint density at radius 1 is 1.38 bits per heavy atom. The maximum atomic E-state index is 12.9. The van der Waals surface area contributed by atoms with E-state index in [2.05, 4.69) is 4.98 Å². The van der Waals surface area contributed by atoms with Crippen molar-refractivity contribution in [2.75, 3.05) is 13.1 Å². The molecule has 7 heteroatoms. The molecule has 0 saturated heterocycles. The Hall–Kier alpha value is -1.34. The molecule has 1 heterocycles. The lowest BCUT2D eigenvalue weighted by Crippen LogP contribution is -2.34. The van der Waals surface area contributed by atoms with Gasteiger partial charge in [0.05, 0.1) is 0 Å². The number of nitrogens with zero attached hydrogens (tertiary/aromatic N) is 1. The van der Waals surface area contributed by atoms with Gasteiger partial charge in [-0.3, -0.25) is 0 Å². The van der Waals surface area contributed by atoms with Gasteiger partial charge in [-0.15, -0.1) is 0 Å². The topological polar surface area (TPSA) is 90.5 Å². The van der Waals surface area contributed by atoms with Crippen LogP contribution in [0.5, 0.6) is 0 Å². The van der Waals surface area contributed by atoms with Crippen molar-refractivity contribution in [2.45, 2.75) is 44.9 Å². The zero-order chi connectivity index (χ0) is 15.8. The van der Waals surface area contributed by atoms with Crippen LogP contribution < -0.4 is 0 Å². The molecule has 2 N–H and O–H groups in total. The molecular weight excluding hydrogens is 292 g/mol. The van der Waals surface area contributed by atoms with Crippen LogP contribution in [0, 0.1) is 19.8 Å². The molecule has 6 nitrogen and oxygen atoms in total. The Balaban J connectivity index is 2.43. The molecule has 0 aromatic carbocycles. The zero-order valence-electron chi connectivity index (χ0n) is 12.6. The quantitative estimate of drug-likeness (QED) is 0.806. The summed E-state index contributed by atoms with van der Waals surface area (Å²) in [7, 11) is -3.65. The predicted molar refractivity (Wildman–Crippen MR) is 79.0 cm³/mol. The molecule has 21 heavy (non-hydrogen) atoms. The van der Waals surface area contributed by atoms with Crippen molar-refractivity contribution < 1.29 is 18.3 Å². The van der Waals surface area contributed by atoms with E-state index >= 15 is 0 Å². The molecule has 1 aromatic heterocycles. The van der Waals surface area contributed by atoms with Gasteiger partial charge < -0.3 is 10.1 Å². The Bertz CT molecular complexity index is 644. The number of aromatic carboxylic acids is 1. The monoisotopic (exact) mass is 314 g/mol. The number of hydrogen-bond acceptors (Lipinski definition) is 3. The number of carboxylic acids is 1. The van der Waals surface area contributed by atoms with Crippen molar-refractivity contribution in [3.05, 3.63) is 17.0 Å². The van der Waals surface area contributed by atoms with Crippen molar-refractivity contribution in [3.63, 3.8) is 0 Å². The molecule has 1 saturated carbocycles. The van der Waals surface area contributed by atoms with Gasteiger partial charge in [0, 0.05) is 24.3 Å². The van der Waals surface area contributed by atoms with E-state index in [1.807, 2.05) is 6.92 Å². The van der Waals surface area contributed by atoms with E-state index < -0.39 is 16.0 Å². The number of H-pyrrole nitrogens is 1. The first-order chi connectivity index (χ1) is 9.78. The highest BCUT2D eigenvalue weighted by Gasteiger charge is 2.34. The number of sulfonamides is 1. The van der Waals surface area contributed by atoms with Gasteiger partial charge in [-0.2, -0.15) is 4.31 Å². The lowest BCUT2D eigenvalue weighted by molar-refractivity contribution is 0.0690. The summed E-state index contributed by atoms with van der Waals surface area (Å²) in [5, 5.41) is 9.13.